The van der Waals surface area contributed by atoms with Crippen LogP contribution in [0.15, 0.2) is 0 Å². The summed E-state index contributed by atoms with van der Waals surface area (Å²) in [5.41, 5.74) is 0.132. The Kier molecular flexibility index (Phi) is 4.60. The number of rotatable bonds is 9. The first-order valence-electron chi connectivity index (χ1n) is 6.79. The van der Waals surface area contributed by atoms with E-state index in [2.05, 4.69) is 18.7 Å². The molecule has 17 heavy (non-hydrogen) atoms. The molecule has 2 aliphatic heterocycles. The summed E-state index contributed by atoms with van der Waals surface area (Å²) >= 11 is 0. The van der Waals surface area contributed by atoms with E-state index in [1.165, 1.54) is 6.42 Å². The predicted octanol–water partition coefficient (Wildman–Crippen LogP) is 0.637. The zero-order valence-corrected chi connectivity index (χ0v) is 13.3. The highest BCUT2D eigenvalue weighted by Gasteiger charge is 2.41. The van der Waals surface area contributed by atoms with Gasteiger partial charge in [0.05, 0.1) is 18.8 Å². The first-order valence-corrected chi connectivity index (χ1v) is 7.60. The second-order valence-corrected chi connectivity index (χ2v) is 5.42. The molecule has 2 aliphatic rings. The first kappa shape index (κ1) is 13.5. The summed E-state index contributed by atoms with van der Waals surface area (Å²) in [5, 5.41) is 0. The van der Waals surface area contributed by atoms with E-state index in [9.17, 15) is 0 Å². The van der Waals surface area contributed by atoms with Gasteiger partial charge in [0.15, 0.2) is 0 Å². The smallest absolute Gasteiger partial charge is 0.146 e. The van der Waals surface area contributed by atoms with Gasteiger partial charge < -0.3 is 13.9 Å². The minimum Gasteiger partial charge on any atom is -0.422 e. The van der Waals surface area contributed by atoms with Crippen LogP contribution >= 0.6 is 0 Å². The van der Waals surface area contributed by atoms with Crippen molar-refractivity contribution in [2.75, 3.05) is 19.8 Å². The van der Waals surface area contributed by atoms with E-state index in [-0.39, 0.29) is 5.60 Å². The Morgan fingerprint density at radius 1 is 1.24 bits per heavy atom. The molecule has 2 rings (SSSR count). The molecule has 100 valence electrons. The molecule has 0 N–H and O–H groups in total. The average Bonchev–Trinajstić information content (AvgIpc) is 3.23. The molecule has 0 saturated carbocycles. The molecule has 4 nitrogen and oxygen atoms in total. The van der Waals surface area contributed by atoms with Crippen LogP contribution in [0.4, 0.5) is 0 Å². The van der Waals surface area contributed by atoms with E-state index in [0.717, 1.165) is 49.5 Å². The molecule has 0 aromatic heterocycles. The van der Waals surface area contributed by atoms with E-state index in [0.29, 0.717) is 12.5 Å². The molecule has 2 heterocycles. The largest absolute Gasteiger partial charge is 0.422 e. The van der Waals surface area contributed by atoms with Crippen LogP contribution in [0.5, 0.6) is 0 Å². The summed E-state index contributed by atoms with van der Waals surface area (Å²) in [5.74, 6) is 0. The predicted molar refractivity (Wildman–Crippen MR) is 69.8 cm³/mol. The van der Waals surface area contributed by atoms with Crippen molar-refractivity contribution in [1.29, 1.82) is 0 Å². The van der Waals surface area contributed by atoms with Gasteiger partial charge in [-0.2, -0.15) is 0 Å². The lowest BCUT2D eigenvalue weighted by molar-refractivity contribution is 0.0475. The molecule has 0 radical (unpaired) electrons. The fraction of sp³-hybridized carbons (Fsp3) is 1.00. The standard InChI is InChI=1S/C12H25NO3Si/c1-3-12(4-2,16-17)6-5-7-13(10-8-14-10)11-9-15-11/h10-11H,3-9H2,1-2,17H3. The topological polar surface area (TPSA) is 37.5 Å². The van der Waals surface area contributed by atoms with Gasteiger partial charge in [0.25, 0.3) is 0 Å². The third kappa shape index (κ3) is 3.51. The van der Waals surface area contributed by atoms with Crippen molar-refractivity contribution in [2.24, 2.45) is 0 Å². The van der Waals surface area contributed by atoms with Crippen LogP contribution in [-0.2, 0) is 13.9 Å². The Bertz CT molecular complexity index is 220. The lowest BCUT2D eigenvalue weighted by Crippen LogP contribution is -2.35. The minimum absolute atomic E-state index is 0.132. The number of hydrogen-bond donors (Lipinski definition) is 0. The highest BCUT2D eigenvalue weighted by Crippen LogP contribution is 2.29. The zero-order chi connectivity index (χ0) is 12.3. The normalized spacial score (nSPS) is 27.7. The Labute approximate surface area is 107 Å². The maximum absolute atomic E-state index is 5.83. The van der Waals surface area contributed by atoms with Crippen molar-refractivity contribution in [1.82, 2.24) is 4.90 Å². The van der Waals surface area contributed by atoms with Crippen molar-refractivity contribution in [3.63, 3.8) is 0 Å². The fourth-order valence-corrected chi connectivity index (χ4v) is 3.30. The molecule has 2 unspecified atom stereocenters. The van der Waals surface area contributed by atoms with Crippen LogP contribution < -0.4 is 0 Å². The van der Waals surface area contributed by atoms with Crippen LogP contribution in [0.2, 0.25) is 0 Å². The fourth-order valence-electron chi connectivity index (χ4n) is 2.52. The van der Waals surface area contributed by atoms with E-state index in [1.807, 2.05) is 0 Å². The summed E-state index contributed by atoms with van der Waals surface area (Å²) in [7, 11) is 0.834. The third-order valence-electron chi connectivity index (χ3n) is 4.14. The van der Waals surface area contributed by atoms with E-state index < -0.39 is 0 Å². The van der Waals surface area contributed by atoms with Crippen molar-refractivity contribution >= 4 is 10.5 Å². The van der Waals surface area contributed by atoms with Gasteiger partial charge in [-0.1, -0.05) is 13.8 Å². The summed E-state index contributed by atoms with van der Waals surface area (Å²) in [6, 6.07) is 0. The SMILES string of the molecule is CCC(CC)(CCCN(C1CO1)C1CO1)O[SiH3]. The molecule has 0 amide bonds. The molecule has 0 spiro atoms. The molecule has 0 aliphatic carbocycles. The number of epoxide rings is 2. The molecular formula is C12H25NO3Si. The van der Waals surface area contributed by atoms with Crippen LogP contribution in [0.3, 0.4) is 0 Å². The van der Waals surface area contributed by atoms with Gasteiger partial charge in [-0.3, -0.25) is 0 Å². The quantitative estimate of drug-likeness (QED) is 0.450. The van der Waals surface area contributed by atoms with Crippen molar-refractivity contribution < 1.29 is 13.9 Å². The van der Waals surface area contributed by atoms with Crippen LogP contribution in [-0.4, -0.2) is 53.2 Å². The number of nitrogens with zero attached hydrogens (tertiary/aromatic N) is 1. The summed E-state index contributed by atoms with van der Waals surface area (Å²) in [6.07, 6.45) is 5.22. The molecule has 2 saturated heterocycles. The van der Waals surface area contributed by atoms with E-state index >= 15 is 0 Å². The average molecular weight is 259 g/mol. The van der Waals surface area contributed by atoms with Gasteiger partial charge in [-0.25, -0.2) is 4.90 Å². The maximum Gasteiger partial charge on any atom is 0.146 e. The van der Waals surface area contributed by atoms with Crippen molar-refractivity contribution in [2.45, 2.75) is 57.6 Å². The lowest BCUT2D eigenvalue weighted by Gasteiger charge is -2.32. The highest BCUT2D eigenvalue weighted by atomic mass is 28.2. The van der Waals surface area contributed by atoms with Gasteiger partial charge in [0.2, 0.25) is 0 Å². The van der Waals surface area contributed by atoms with E-state index in [1.54, 1.807) is 0 Å². The maximum atomic E-state index is 5.83. The van der Waals surface area contributed by atoms with Crippen LogP contribution in [0, 0.1) is 0 Å². The molecule has 0 aromatic carbocycles. The summed E-state index contributed by atoms with van der Waals surface area (Å²) < 4.78 is 16.5. The Morgan fingerprint density at radius 2 is 1.76 bits per heavy atom. The van der Waals surface area contributed by atoms with Crippen molar-refractivity contribution in [3.8, 4) is 0 Å². The van der Waals surface area contributed by atoms with E-state index in [4.69, 9.17) is 13.9 Å². The summed E-state index contributed by atoms with van der Waals surface area (Å²) in [4.78, 5) is 2.35. The molecular weight excluding hydrogens is 234 g/mol. The van der Waals surface area contributed by atoms with Crippen molar-refractivity contribution in [3.05, 3.63) is 0 Å². The van der Waals surface area contributed by atoms with Gasteiger partial charge in [-0.15, -0.1) is 0 Å². The number of hydrogen-bond acceptors (Lipinski definition) is 4. The second-order valence-electron chi connectivity index (χ2n) is 5.01. The Hall–Kier alpha value is 0.0569. The van der Waals surface area contributed by atoms with Crippen LogP contribution in [0.25, 0.3) is 0 Å². The monoisotopic (exact) mass is 259 g/mol. The Balaban J connectivity index is 1.73. The van der Waals surface area contributed by atoms with Gasteiger partial charge in [0, 0.05) is 6.54 Å². The molecule has 2 fully saturated rings. The first-order chi connectivity index (χ1) is 8.24. The van der Waals surface area contributed by atoms with Gasteiger partial charge in [-0.05, 0) is 25.7 Å². The second kappa shape index (κ2) is 5.80. The summed E-state index contributed by atoms with van der Waals surface area (Å²) in [6.45, 7) is 7.29. The lowest BCUT2D eigenvalue weighted by atomic mass is 9.92. The zero-order valence-electron chi connectivity index (χ0n) is 11.3. The minimum atomic E-state index is 0.132. The highest BCUT2D eigenvalue weighted by molar-refractivity contribution is 5.98. The molecule has 0 aromatic rings. The Morgan fingerprint density at radius 3 is 2.12 bits per heavy atom. The molecule has 2 atom stereocenters. The van der Waals surface area contributed by atoms with Gasteiger partial charge >= 0.3 is 0 Å². The third-order valence-corrected chi connectivity index (χ3v) is 5.01. The number of ether oxygens (including phenoxy) is 2. The van der Waals surface area contributed by atoms with Gasteiger partial charge in [0.1, 0.15) is 22.9 Å². The molecule has 0 bridgehead atoms. The van der Waals surface area contributed by atoms with Crippen LogP contribution in [0.1, 0.15) is 39.5 Å². The molecule has 5 heteroatoms.